The van der Waals surface area contributed by atoms with Crippen LogP contribution in [-0.4, -0.2) is 17.7 Å². The van der Waals surface area contributed by atoms with Crippen molar-refractivity contribution in [1.29, 1.82) is 0 Å². The van der Waals surface area contributed by atoms with Crippen LogP contribution in [0.15, 0.2) is 34.1 Å². The van der Waals surface area contributed by atoms with Crippen molar-refractivity contribution >= 4 is 50.7 Å². The molecule has 1 aliphatic heterocycles. The standard InChI is InChI=1S/C13H7BrN2O3S/c14-9-3-4-20-10(9)13(19)15-6-1-2-7-8(5-6)12(18)16-11(7)17/h1-5H,(H,15,19)(H,16,17,18). The predicted molar refractivity (Wildman–Crippen MR) is 78.2 cm³/mol. The van der Waals surface area contributed by atoms with Crippen LogP contribution in [0.1, 0.15) is 30.4 Å². The van der Waals surface area contributed by atoms with Crippen molar-refractivity contribution in [3.63, 3.8) is 0 Å². The third-order valence-electron chi connectivity index (χ3n) is 2.82. The van der Waals surface area contributed by atoms with Crippen LogP contribution in [0.4, 0.5) is 5.69 Å². The molecule has 1 aliphatic rings. The highest BCUT2D eigenvalue weighted by molar-refractivity contribution is 9.10. The summed E-state index contributed by atoms with van der Waals surface area (Å²) in [7, 11) is 0. The Balaban J connectivity index is 1.88. The van der Waals surface area contributed by atoms with Crippen LogP contribution in [0.2, 0.25) is 0 Å². The molecule has 5 nitrogen and oxygen atoms in total. The van der Waals surface area contributed by atoms with E-state index in [0.717, 1.165) is 0 Å². The van der Waals surface area contributed by atoms with Crippen molar-refractivity contribution < 1.29 is 14.4 Å². The second kappa shape index (κ2) is 4.84. The average Bonchev–Trinajstić information content (AvgIpc) is 2.95. The molecule has 100 valence electrons. The van der Waals surface area contributed by atoms with E-state index >= 15 is 0 Å². The molecule has 0 unspecified atom stereocenters. The molecule has 3 rings (SSSR count). The zero-order valence-electron chi connectivity index (χ0n) is 9.90. The maximum Gasteiger partial charge on any atom is 0.266 e. The molecule has 0 spiro atoms. The van der Waals surface area contributed by atoms with E-state index in [1.807, 2.05) is 0 Å². The number of carbonyl (C=O) groups is 3. The molecule has 0 bridgehead atoms. The fraction of sp³-hybridized carbons (Fsp3) is 0. The summed E-state index contributed by atoms with van der Waals surface area (Å²) in [6, 6.07) is 6.40. The highest BCUT2D eigenvalue weighted by atomic mass is 79.9. The number of nitrogens with one attached hydrogen (secondary N) is 2. The van der Waals surface area contributed by atoms with E-state index in [0.29, 0.717) is 20.6 Å². The molecule has 0 atom stereocenters. The molecule has 0 aliphatic carbocycles. The number of anilines is 1. The molecule has 7 heteroatoms. The summed E-state index contributed by atoms with van der Waals surface area (Å²) in [5.41, 5.74) is 1.07. The van der Waals surface area contributed by atoms with Crippen LogP contribution >= 0.6 is 27.3 Å². The quantitative estimate of drug-likeness (QED) is 0.817. The lowest BCUT2D eigenvalue weighted by molar-refractivity contribution is 0.0878. The van der Waals surface area contributed by atoms with Crippen molar-refractivity contribution in [3.8, 4) is 0 Å². The number of halogens is 1. The number of amides is 3. The molecule has 0 saturated heterocycles. The van der Waals surface area contributed by atoms with E-state index in [1.165, 1.54) is 23.5 Å². The van der Waals surface area contributed by atoms with Gasteiger partial charge in [-0.3, -0.25) is 19.7 Å². The summed E-state index contributed by atoms with van der Waals surface area (Å²) in [5, 5.41) is 6.70. The van der Waals surface area contributed by atoms with Crippen molar-refractivity contribution in [2.24, 2.45) is 0 Å². The smallest absolute Gasteiger partial charge is 0.266 e. The number of rotatable bonds is 2. The molecule has 3 amide bonds. The minimum Gasteiger partial charge on any atom is -0.321 e. The molecular weight excluding hydrogens is 344 g/mol. The number of carbonyl (C=O) groups excluding carboxylic acids is 3. The van der Waals surface area contributed by atoms with Crippen molar-refractivity contribution in [2.75, 3.05) is 5.32 Å². The molecule has 0 saturated carbocycles. The van der Waals surface area contributed by atoms with E-state index in [-0.39, 0.29) is 11.5 Å². The van der Waals surface area contributed by atoms with Gasteiger partial charge in [0.05, 0.1) is 11.1 Å². The van der Waals surface area contributed by atoms with Crippen LogP contribution < -0.4 is 10.6 Å². The predicted octanol–water partition coefficient (Wildman–Crippen LogP) is 2.65. The topological polar surface area (TPSA) is 75.3 Å². The van der Waals surface area contributed by atoms with Gasteiger partial charge in [0.15, 0.2) is 0 Å². The zero-order chi connectivity index (χ0) is 14.3. The fourth-order valence-electron chi connectivity index (χ4n) is 1.89. The highest BCUT2D eigenvalue weighted by Crippen LogP contribution is 2.25. The Labute approximate surface area is 126 Å². The number of benzene rings is 1. The second-order valence-corrected chi connectivity index (χ2v) is 5.87. The van der Waals surface area contributed by atoms with Gasteiger partial charge in [0, 0.05) is 10.2 Å². The Morgan fingerprint density at radius 2 is 1.90 bits per heavy atom. The van der Waals surface area contributed by atoms with E-state index in [9.17, 15) is 14.4 Å². The van der Waals surface area contributed by atoms with E-state index in [2.05, 4.69) is 26.6 Å². The molecular formula is C13H7BrN2O3S. The number of fused-ring (bicyclic) bond motifs is 1. The zero-order valence-corrected chi connectivity index (χ0v) is 12.3. The third-order valence-corrected chi connectivity index (χ3v) is 4.65. The van der Waals surface area contributed by atoms with Gasteiger partial charge in [0.25, 0.3) is 17.7 Å². The lowest BCUT2D eigenvalue weighted by atomic mass is 10.1. The summed E-state index contributed by atoms with van der Waals surface area (Å²) in [6.07, 6.45) is 0. The Bertz CT molecular complexity index is 754. The van der Waals surface area contributed by atoms with Gasteiger partial charge in [-0.1, -0.05) is 0 Å². The van der Waals surface area contributed by atoms with Crippen LogP contribution in [0.5, 0.6) is 0 Å². The van der Waals surface area contributed by atoms with Gasteiger partial charge in [-0.05, 0) is 45.6 Å². The SMILES string of the molecule is O=C1NC(=O)c2cc(NC(=O)c3sccc3Br)ccc21. The molecule has 0 radical (unpaired) electrons. The van der Waals surface area contributed by atoms with E-state index in [4.69, 9.17) is 0 Å². The average molecular weight is 351 g/mol. The first-order valence-electron chi connectivity index (χ1n) is 5.60. The Morgan fingerprint density at radius 1 is 1.15 bits per heavy atom. The summed E-state index contributed by atoms with van der Waals surface area (Å²) < 4.78 is 0.717. The molecule has 2 N–H and O–H groups in total. The van der Waals surface area contributed by atoms with Crippen LogP contribution in [0, 0.1) is 0 Å². The van der Waals surface area contributed by atoms with Crippen molar-refractivity contribution in [2.45, 2.75) is 0 Å². The fourth-order valence-corrected chi connectivity index (χ4v) is 3.34. The van der Waals surface area contributed by atoms with Crippen LogP contribution in [0.25, 0.3) is 0 Å². The summed E-state index contributed by atoms with van der Waals surface area (Å²) >= 11 is 4.60. The Hall–Kier alpha value is -1.99. The van der Waals surface area contributed by atoms with E-state index < -0.39 is 11.8 Å². The van der Waals surface area contributed by atoms with E-state index in [1.54, 1.807) is 17.5 Å². The first-order valence-corrected chi connectivity index (χ1v) is 7.27. The third kappa shape index (κ3) is 2.14. The first kappa shape index (κ1) is 13.0. The number of imide groups is 1. The molecule has 2 heterocycles. The summed E-state index contributed by atoms with van der Waals surface area (Å²) in [4.78, 5) is 35.6. The van der Waals surface area contributed by atoms with Gasteiger partial charge < -0.3 is 5.32 Å². The number of thiophene rings is 1. The van der Waals surface area contributed by atoms with Crippen LogP contribution in [0.3, 0.4) is 0 Å². The lowest BCUT2D eigenvalue weighted by Gasteiger charge is -2.05. The molecule has 1 aromatic heterocycles. The Kier molecular flexibility index (Phi) is 3.15. The van der Waals surface area contributed by atoms with Crippen molar-refractivity contribution in [1.82, 2.24) is 5.32 Å². The highest BCUT2D eigenvalue weighted by Gasteiger charge is 2.26. The van der Waals surface area contributed by atoms with Gasteiger partial charge in [0.1, 0.15) is 4.88 Å². The van der Waals surface area contributed by atoms with Gasteiger partial charge in [0.2, 0.25) is 0 Å². The normalized spacial score (nSPS) is 13.1. The summed E-state index contributed by atoms with van der Waals surface area (Å²) in [5.74, 6) is -1.13. The Morgan fingerprint density at radius 3 is 2.60 bits per heavy atom. The molecule has 0 fully saturated rings. The molecule has 20 heavy (non-hydrogen) atoms. The second-order valence-electron chi connectivity index (χ2n) is 4.10. The minimum atomic E-state index is -0.446. The first-order chi connectivity index (χ1) is 9.56. The largest absolute Gasteiger partial charge is 0.321 e. The number of hydrogen-bond donors (Lipinski definition) is 2. The maximum absolute atomic E-state index is 12.0. The minimum absolute atomic E-state index is 0.267. The van der Waals surface area contributed by atoms with Crippen LogP contribution in [-0.2, 0) is 0 Å². The lowest BCUT2D eigenvalue weighted by Crippen LogP contribution is -2.19. The van der Waals surface area contributed by atoms with Gasteiger partial charge in [-0.25, -0.2) is 0 Å². The van der Waals surface area contributed by atoms with Gasteiger partial charge >= 0.3 is 0 Å². The summed E-state index contributed by atoms with van der Waals surface area (Å²) in [6.45, 7) is 0. The van der Waals surface area contributed by atoms with Gasteiger partial charge in [-0.2, -0.15) is 0 Å². The van der Waals surface area contributed by atoms with Crippen molar-refractivity contribution in [3.05, 3.63) is 50.1 Å². The molecule has 1 aromatic carbocycles. The molecule has 2 aromatic rings. The maximum atomic E-state index is 12.0. The monoisotopic (exact) mass is 350 g/mol. The number of hydrogen-bond acceptors (Lipinski definition) is 4. The van der Waals surface area contributed by atoms with Gasteiger partial charge in [-0.15, -0.1) is 11.3 Å².